The molecule has 0 radical (unpaired) electrons. The zero-order chi connectivity index (χ0) is 10.1. The SMILES string of the molecule is CC(O)C(N)(N)c1ccc(N)cc1. The van der Waals surface area contributed by atoms with Crippen molar-refractivity contribution >= 4 is 5.69 Å². The van der Waals surface area contributed by atoms with Gasteiger partial charge in [-0.1, -0.05) is 12.1 Å². The Balaban J connectivity index is 3.01. The molecule has 1 rings (SSSR count). The Morgan fingerprint density at radius 1 is 1.23 bits per heavy atom. The first-order valence-corrected chi connectivity index (χ1v) is 4.06. The predicted octanol–water partition coefficient (Wildman–Crippen LogP) is -0.280. The number of aliphatic hydroxyl groups excluding tert-OH is 1. The van der Waals surface area contributed by atoms with Crippen LogP contribution in [-0.2, 0) is 5.66 Å². The minimum absolute atomic E-state index is 0.644. The summed E-state index contributed by atoms with van der Waals surface area (Å²) in [6.45, 7) is 1.55. The Morgan fingerprint density at radius 2 is 1.69 bits per heavy atom. The van der Waals surface area contributed by atoms with E-state index in [0.29, 0.717) is 11.3 Å². The van der Waals surface area contributed by atoms with Crippen LogP contribution in [-0.4, -0.2) is 11.2 Å². The van der Waals surface area contributed by atoms with Crippen molar-refractivity contribution in [2.75, 3.05) is 5.73 Å². The van der Waals surface area contributed by atoms with Crippen LogP contribution in [0.5, 0.6) is 0 Å². The van der Waals surface area contributed by atoms with Crippen molar-refractivity contribution in [3.8, 4) is 0 Å². The Hall–Kier alpha value is -1.10. The maximum absolute atomic E-state index is 9.32. The molecule has 1 atom stereocenters. The molecule has 7 N–H and O–H groups in total. The Kier molecular flexibility index (Phi) is 2.56. The lowest BCUT2D eigenvalue weighted by molar-refractivity contribution is 0.103. The number of hydrogen-bond donors (Lipinski definition) is 4. The van der Waals surface area contributed by atoms with Crippen LogP contribution in [0.4, 0.5) is 5.69 Å². The smallest absolute Gasteiger partial charge is 0.116 e. The van der Waals surface area contributed by atoms with Crippen molar-refractivity contribution in [3.05, 3.63) is 29.8 Å². The van der Waals surface area contributed by atoms with Gasteiger partial charge in [0, 0.05) is 5.69 Å². The second-order valence-electron chi connectivity index (χ2n) is 3.23. The number of nitrogen functional groups attached to an aromatic ring is 1. The van der Waals surface area contributed by atoms with Crippen molar-refractivity contribution in [1.82, 2.24) is 0 Å². The van der Waals surface area contributed by atoms with Gasteiger partial charge in [0.25, 0.3) is 0 Å². The fourth-order valence-corrected chi connectivity index (χ4v) is 1.01. The van der Waals surface area contributed by atoms with E-state index < -0.39 is 11.8 Å². The molecular weight excluding hydrogens is 166 g/mol. The van der Waals surface area contributed by atoms with Gasteiger partial charge in [-0.25, -0.2) is 0 Å². The Morgan fingerprint density at radius 3 is 2.08 bits per heavy atom. The third kappa shape index (κ3) is 1.98. The zero-order valence-electron chi connectivity index (χ0n) is 7.57. The summed E-state index contributed by atoms with van der Waals surface area (Å²) in [5, 5.41) is 9.32. The van der Waals surface area contributed by atoms with E-state index in [2.05, 4.69) is 0 Å². The highest BCUT2D eigenvalue weighted by Crippen LogP contribution is 2.17. The van der Waals surface area contributed by atoms with E-state index in [9.17, 15) is 5.11 Å². The van der Waals surface area contributed by atoms with Gasteiger partial charge in [0.2, 0.25) is 0 Å². The number of aliphatic hydroxyl groups is 1. The maximum Gasteiger partial charge on any atom is 0.116 e. The molecule has 13 heavy (non-hydrogen) atoms. The second-order valence-corrected chi connectivity index (χ2v) is 3.23. The lowest BCUT2D eigenvalue weighted by Gasteiger charge is -2.28. The summed E-state index contributed by atoms with van der Waals surface area (Å²) in [4.78, 5) is 0. The third-order valence-corrected chi connectivity index (χ3v) is 2.10. The van der Waals surface area contributed by atoms with Gasteiger partial charge in [0.1, 0.15) is 5.66 Å². The molecular formula is C9H15N3O. The molecule has 0 amide bonds. The van der Waals surface area contributed by atoms with E-state index in [1.54, 1.807) is 31.2 Å². The van der Waals surface area contributed by atoms with Crippen LogP contribution in [0.1, 0.15) is 12.5 Å². The molecule has 0 spiro atoms. The molecule has 0 aliphatic carbocycles. The number of rotatable bonds is 2. The molecule has 0 fully saturated rings. The summed E-state index contributed by atoms with van der Waals surface area (Å²) in [5.74, 6) is 0. The first-order chi connectivity index (χ1) is 5.94. The molecule has 0 bridgehead atoms. The van der Waals surface area contributed by atoms with Gasteiger partial charge in [-0.3, -0.25) is 0 Å². The van der Waals surface area contributed by atoms with E-state index in [0.717, 1.165) is 0 Å². The predicted molar refractivity (Wildman–Crippen MR) is 52.6 cm³/mol. The average molecular weight is 181 g/mol. The van der Waals surface area contributed by atoms with Crippen molar-refractivity contribution in [2.45, 2.75) is 18.7 Å². The van der Waals surface area contributed by atoms with Gasteiger partial charge in [0.15, 0.2) is 0 Å². The molecule has 4 heteroatoms. The molecule has 1 aromatic rings. The largest absolute Gasteiger partial charge is 0.399 e. The first kappa shape index (κ1) is 9.98. The fraction of sp³-hybridized carbons (Fsp3) is 0.333. The van der Waals surface area contributed by atoms with E-state index in [1.807, 2.05) is 0 Å². The quantitative estimate of drug-likeness (QED) is 0.372. The molecule has 4 nitrogen and oxygen atoms in total. The monoisotopic (exact) mass is 181 g/mol. The molecule has 0 saturated carbocycles. The van der Waals surface area contributed by atoms with Gasteiger partial charge in [-0.15, -0.1) is 0 Å². The standard InChI is InChI=1S/C9H15N3O/c1-6(13)9(11,12)7-2-4-8(10)5-3-7/h2-6,13H,10-12H2,1H3. The van der Waals surface area contributed by atoms with Crippen LogP contribution in [0.3, 0.4) is 0 Å². The van der Waals surface area contributed by atoms with Gasteiger partial charge >= 0.3 is 0 Å². The van der Waals surface area contributed by atoms with Crippen molar-refractivity contribution in [3.63, 3.8) is 0 Å². The summed E-state index contributed by atoms with van der Waals surface area (Å²) >= 11 is 0. The van der Waals surface area contributed by atoms with Crippen LogP contribution < -0.4 is 17.2 Å². The molecule has 0 heterocycles. The molecule has 0 saturated heterocycles. The lowest BCUT2D eigenvalue weighted by Crippen LogP contribution is -2.54. The topological polar surface area (TPSA) is 98.3 Å². The zero-order valence-corrected chi connectivity index (χ0v) is 7.57. The number of anilines is 1. The Bertz CT molecular complexity index is 279. The summed E-state index contributed by atoms with van der Waals surface area (Å²) in [6.07, 6.45) is -0.809. The van der Waals surface area contributed by atoms with E-state index in [4.69, 9.17) is 17.2 Å². The lowest BCUT2D eigenvalue weighted by atomic mass is 9.96. The van der Waals surface area contributed by atoms with Crippen LogP contribution in [0, 0.1) is 0 Å². The van der Waals surface area contributed by atoms with E-state index in [-0.39, 0.29) is 0 Å². The Labute approximate surface area is 77.3 Å². The fourth-order valence-electron chi connectivity index (χ4n) is 1.01. The van der Waals surface area contributed by atoms with E-state index in [1.165, 1.54) is 0 Å². The van der Waals surface area contributed by atoms with Crippen molar-refractivity contribution < 1.29 is 5.11 Å². The second kappa shape index (κ2) is 3.33. The van der Waals surface area contributed by atoms with Gasteiger partial charge in [-0.2, -0.15) is 0 Å². The highest BCUT2D eigenvalue weighted by Gasteiger charge is 2.27. The normalized spacial score (nSPS) is 14.2. The van der Waals surface area contributed by atoms with Crippen molar-refractivity contribution in [1.29, 1.82) is 0 Å². The average Bonchev–Trinajstić information content (AvgIpc) is 2.04. The highest BCUT2D eigenvalue weighted by molar-refractivity contribution is 5.41. The van der Waals surface area contributed by atoms with Crippen LogP contribution >= 0.6 is 0 Å². The van der Waals surface area contributed by atoms with Crippen LogP contribution in [0.25, 0.3) is 0 Å². The summed E-state index contributed by atoms with van der Waals surface area (Å²) < 4.78 is 0. The van der Waals surface area contributed by atoms with Gasteiger partial charge < -0.3 is 22.3 Å². The highest BCUT2D eigenvalue weighted by atomic mass is 16.3. The van der Waals surface area contributed by atoms with Gasteiger partial charge in [-0.05, 0) is 24.6 Å². The number of hydrogen-bond acceptors (Lipinski definition) is 4. The maximum atomic E-state index is 9.32. The van der Waals surface area contributed by atoms with E-state index >= 15 is 0 Å². The molecule has 0 aliphatic heterocycles. The summed E-state index contributed by atoms with van der Waals surface area (Å²) in [7, 11) is 0. The van der Waals surface area contributed by atoms with Crippen LogP contribution in [0.15, 0.2) is 24.3 Å². The molecule has 1 unspecified atom stereocenters. The minimum Gasteiger partial charge on any atom is -0.399 e. The molecule has 72 valence electrons. The summed E-state index contributed by atoms with van der Waals surface area (Å²) in [5.41, 5.74) is 17.0. The van der Waals surface area contributed by atoms with Gasteiger partial charge in [0.05, 0.1) is 6.10 Å². The minimum atomic E-state index is -1.21. The number of nitrogens with two attached hydrogens (primary N) is 3. The van der Waals surface area contributed by atoms with Crippen LogP contribution in [0.2, 0.25) is 0 Å². The third-order valence-electron chi connectivity index (χ3n) is 2.10. The molecule has 0 aliphatic rings. The molecule has 0 aromatic heterocycles. The first-order valence-electron chi connectivity index (χ1n) is 4.06. The molecule has 1 aromatic carbocycles. The number of benzene rings is 1. The van der Waals surface area contributed by atoms with Crippen molar-refractivity contribution in [2.24, 2.45) is 11.5 Å². The summed E-state index contributed by atoms with van der Waals surface area (Å²) in [6, 6.07) is 6.82.